The van der Waals surface area contributed by atoms with E-state index < -0.39 is 21.1 Å². The number of sulfonamides is 1. The molecule has 2 aromatic rings. The zero-order valence-corrected chi connectivity index (χ0v) is 12.7. The fourth-order valence-electron chi connectivity index (χ4n) is 1.60. The monoisotopic (exact) mass is 343 g/mol. The third kappa shape index (κ3) is 5.08. The second-order valence-corrected chi connectivity index (χ2v) is 5.95. The molecular weight excluding hydrogens is 329 g/mol. The number of carbonyl (C=O) groups excluding carboxylic acids is 1. The minimum absolute atomic E-state index is 0.0471. The molecule has 9 heteroatoms. The summed E-state index contributed by atoms with van der Waals surface area (Å²) in [5.74, 6) is -0.916. The Morgan fingerprint density at radius 2 is 1.83 bits per heavy atom. The van der Waals surface area contributed by atoms with E-state index in [2.05, 4.69) is 0 Å². The number of primary sulfonamides is 1. The van der Waals surface area contributed by atoms with Gasteiger partial charge in [-0.25, -0.2) is 22.7 Å². The Hall–Kier alpha value is -2.39. The largest absolute Gasteiger partial charge is 0.493 e. The molecular formula is C14H14FNO6S. The number of hydrogen-bond donors (Lipinski definition) is 1. The third-order valence-electron chi connectivity index (χ3n) is 2.67. The first-order chi connectivity index (χ1) is 10.9. The number of esters is 1. The molecule has 0 radical (unpaired) electrons. The van der Waals surface area contributed by atoms with E-state index in [4.69, 9.17) is 19.0 Å². The maximum Gasteiger partial charge on any atom is 0.374 e. The molecule has 1 heterocycles. The molecule has 0 saturated carbocycles. The first kappa shape index (κ1) is 17.0. The van der Waals surface area contributed by atoms with Crippen LogP contribution in [-0.2, 0) is 14.8 Å². The number of rotatable bonds is 7. The lowest BCUT2D eigenvalue weighted by Gasteiger charge is -2.06. The molecule has 0 fully saturated rings. The van der Waals surface area contributed by atoms with Crippen LogP contribution in [0.15, 0.2) is 45.9 Å². The summed E-state index contributed by atoms with van der Waals surface area (Å²) in [5.41, 5.74) is 0. The molecule has 0 aliphatic carbocycles. The Morgan fingerprint density at radius 3 is 2.43 bits per heavy atom. The highest BCUT2D eigenvalue weighted by molar-refractivity contribution is 7.89. The van der Waals surface area contributed by atoms with Crippen molar-refractivity contribution in [3.05, 3.63) is 48.0 Å². The molecule has 1 aromatic carbocycles. The molecule has 0 amide bonds. The quantitative estimate of drug-likeness (QED) is 0.605. The Balaban J connectivity index is 1.72. The van der Waals surface area contributed by atoms with Gasteiger partial charge in [-0.15, -0.1) is 0 Å². The number of benzene rings is 1. The molecule has 2 N–H and O–H groups in total. The van der Waals surface area contributed by atoms with Crippen molar-refractivity contribution in [3.8, 4) is 5.75 Å². The van der Waals surface area contributed by atoms with Crippen molar-refractivity contribution in [2.75, 3.05) is 13.2 Å². The minimum Gasteiger partial charge on any atom is -0.493 e. The first-order valence-corrected chi connectivity index (χ1v) is 8.09. The number of nitrogens with two attached hydrogens (primary N) is 1. The summed E-state index contributed by atoms with van der Waals surface area (Å²) in [4.78, 5) is 11.6. The van der Waals surface area contributed by atoms with Crippen LogP contribution in [0, 0.1) is 5.82 Å². The Bertz CT molecular complexity index is 769. The van der Waals surface area contributed by atoms with Crippen molar-refractivity contribution in [1.29, 1.82) is 0 Å². The summed E-state index contributed by atoms with van der Waals surface area (Å²) in [5, 5.41) is 4.35. The predicted octanol–water partition coefficient (Wildman–Crippen LogP) is 1.69. The van der Waals surface area contributed by atoms with Crippen LogP contribution in [0.1, 0.15) is 17.0 Å². The van der Waals surface area contributed by atoms with Crippen LogP contribution < -0.4 is 9.88 Å². The van der Waals surface area contributed by atoms with Gasteiger partial charge >= 0.3 is 5.97 Å². The van der Waals surface area contributed by atoms with Crippen LogP contribution in [-0.4, -0.2) is 27.6 Å². The molecule has 0 spiro atoms. The molecule has 7 nitrogen and oxygen atoms in total. The number of furan rings is 1. The van der Waals surface area contributed by atoms with Gasteiger partial charge in [-0.3, -0.25) is 0 Å². The van der Waals surface area contributed by atoms with E-state index in [0.717, 1.165) is 12.1 Å². The fraction of sp³-hybridized carbons (Fsp3) is 0.214. The van der Waals surface area contributed by atoms with Gasteiger partial charge in [0, 0.05) is 6.42 Å². The summed E-state index contributed by atoms with van der Waals surface area (Å²) in [6.45, 7) is 0.310. The highest BCUT2D eigenvalue weighted by Crippen LogP contribution is 2.14. The molecule has 2 rings (SSSR count). The SMILES string of the molecule is NS(=O)(=O)c1ccc(C(=O)OCCCOc2ccc(F)cc2)o1. The lowest BCUT2D eigenvalue weighted by atomic mass is 10.3. The molecule has 0 atom stereocenters. The maximum absolute atomic E-state index is 12.7. The Kier molecular flexibility index (Phi) is 5.35. The first-order valence-electron chi connectivity index (χ1n) is 6.54. The van der Waals surface area contributed by atoms with Crippen LogP contribution in [0.4, 0.5) is 4.39 Å². The third-order valence-corrected chi connectivity index (χ3v) is 3.45. The van der Waals surface area contributed by atoms with Crippen LogP contribution in [0.5, 0.6) is 5.75 Å². The van der Waals surface area contributed by atoms with Crippen molar-refractivity contribution < 1.29 is 31.5 Å². The highest BCUT2D eigenvalue weighted by atomic mass is 32.2. The summed E-state index contributed by atoms with van der Waals surface area (Å²) in [7, 11) is -4.00. The summed E-state index contributed by atoms with van der Waals surface area (Å²) in [6.07, 6.45) is 0.395. The van der Waals surface area contributed by atoms with Crippen LogP contribution in [0.25, 0.3) is 0 Å². The van der Waals surface area contributed by atoms with E-state index in [1.54, 1.807) is 0 Å². The van der Waals surface area contributed by atoms with Gasteiger partial charge in [-0.05, 0) is 36.4 Å². The lowest BCUT2D eigenvalue weighted by molar-refractivity contribution is 0.0444. The number of halogens is 1. The molecule has 0 aliphatic heterocycles. The van der Waals surface area contributed by atoms with Gasteiger partial charge in [-0.2, -0.15) is 0 Å². The van der Waals surface area contributed by atoms with Crippen molar-refractivity contribution in [2.45, 2.75) is 11.5 Å². The molecule has 1 aromatic heterocycles. The van der Waals surface area contributed by atoms with Crippen LogP contribution >= 0.6 is 0 Å². The van der Waals surface area contributed by atoms with Gasteiger partial charge in [0.1, 0.15) is 11.6 Å². The van der Waals surface area contributed by atoms with Crippen molar-refractivity contribution >= 4 is 16.0 Å². The average molecular weight is 343 g/mol. The van der Waals surface area contributed by atoms with E-state index in [9.17, 15) is 17.6 Å². The van der Waals surface area contributed by atoms with E-state index >= 15 is 0 Å². The van der Waals surface area contributed by atoms with Crippen LogP contribution in [0.3, 0.4) is 0 Å². The van der Waals surface area contributed by atoms with E-state index in [1.807, 2.05) is 0 Å². The normalized spacial score (nSPS) is 11.2. The average Bonchev–Trinajstić information content (AvgIpc) is 2.99. The number of ether oxygens (including phenoxy) is 2. The van der Waals surface area contributed by atoms with Gasteiger partial charge in [0.05, 0.1) is 13.2 Å². The molecule has 23 heavy (non-hydrogen) atoms. The van der Waals surface area contributed by atoms with Crippen molar-refractivity contribution in [2.24, 2.45) is 5.14 Å². The van der Waals surface area contributed by atoms with Crippen LogP contribution in [0.2, 0.25) is 0 Å². The van der Waals surface area contributed by atoms with Gasteiger partial charge in [0.15, 0.2) is 0 Å². The minimum atomic E-state index is -4.00. The van der Waals surface area contributed by atoms with Gasteiger partial charge < -0.3 is 13.9 Å². The van der Waals surface area contributed by atoms with Gasteiger partial charge in [0.2, 0.25) is 10.9 Å². The van der Waals surface area contributed by atoms with Gasteiger partial charge in [0.25, 0.3) is 10.0 Å². The predicted molar refractivity (Wildman–Crippen MR) is 76.9 cm³/mol. The lowest BCUT2D eigenvalue weighted by Crippen LogP contribution is -2.11. The Morgan fingerprint density at radius 1 is 1.13 bits per heavy atom. The molecule has 0 unspecified atom stereocenters. The number of carbonyl (C=O) groups is 1. The fourth-order valence-corrected chi connectivity index (χ4v) is 2.06. The van der Waals surface area contributed by atoms with E-state index in [1.165, 1.54) is 24.3 Å². The molecule has 124 valence electrons. The summed E-state index contributed by atoms with van der Waals surface area (Å²) >= 11 is 0. The number of hydrogen-bond acceptors (Lipinski definition) is 6. The smallest absolute Gasteiger partial charge is 0.374 e. The standard InChI is InChI=1S/C14H14FNO6S/c15-10-2-4-11(5-3-10)20-8-1-9-21-14(17)12-6-7-13(22-12)23(16,18)19/h2-7H,1,8-9H2,(H2,16,18,19). The molecule has 0 bridgehead atoms. The van der Waals surface area contributed by atoms with Crippen molar-refractivity contribution in [3.63, 3.8) is 0 Å². The maximum atomic E-state index is 12.7. The van der Waals surface area contributed by atoms with E-state index in [-0.39, 0.29) is 24.8 Å². The zero-order chi connectivity index (χ0) is 16.9. The Labute approximate surface area is 131 Å². The molecule has 0 aliphatic rings. The summed E-state index contributed by atoms with van der Waals surface area (Å²) < 4.78 is 49.7. The second kappa shape index (κ2) is 7.25. The summed E-state index contributed by atoms with van der Waals surface area (Å²) in [6, 6.07) is 7.75. The second-order valence-electron chi connectivity index (χ2n) is 4.46. The highest BCUT2D eigenvalue weighted by Gasteiger charge is 2.18. The van der Waals surface area contributed by atoms with Crippen molar-refractivity contribution in [1.82, 2.24) is 0 Å². The van der Waals surface area contributed by atoms with E-state index in [0.29, 0.717) is 12.2 Å². The molecule has 0 saturated heterocycles. The topological polar surface area (TPSA) is 109 Å². The van der Waals surface area contributed by atoms with Gasteiger partial charge in [-0.1, -0.05) is 0 Å². The zero-order valence-electron chi connectivity index (χ0n) is 11.9.